The third kappa shape index (κ3) is 6.42. The number of nitrogens with two attached hydrogens (primary N) is 1. The molecule has 0 bridgehead atoms. The Balaban J connectivity index is 2.14. The lowest BCUT2D eigenvalue weighted by atomic mass is 9.84. The fraction of sp³-hybridized carbons (Fsp3) is 0.650. The molecule has 1 heterocycles. The van der Waals surface area contributed by atoms with Crippen LogP contribution in [0.3, 0.4) is 0 Å². The lowest BCUT2D eigenvalue weighted by molar-refractivity contribution is -0.154. The molecule has 4 atom stereocenters. The number of ether oxygens (including phenoxy) is 3. The lowest BCUT2D eigenvalue weighted by Crippen LogP contribution is -2.39. The van der Waals surface area contributed by atoms with Crippen LogP contribution in [0.2, 0.25) is 0 Å². The molecule has 25 heavy (non-hydrogen) atoms. The first-order chi connectivity index (χ1) is 12.0. The molecule has 0 aromatic heterocycles. The summed E-state index contributed by atoms with van der Waals surface area (Å²) in [5.74, 6) is 0.323. The smallest absolute Gasteiger partial charge is 0.325 e. The Kier molecular flexibility index (Phi) is 7.88. The van der Waals surface area contributed by atoms with Crippen molar-refractivity contribution < 1.29 is 19.0 Å². The number of carbonyl (C=O) groups excluding carboxylic acids is 1. The monoisotopic (exact) mass is 349 g/mol. The normalized spacial score (nSPS) is 28.1. The van der Waals surface area contributed by atoms with Gasteiger partial charge in [0.25, 0.3) is 0 Å². The van der Waals surface area contributed by atoms with E-state index >= 15 is 0 Å². The van der Waals surface area contributed by atoms with Gasteiger partial charge in [-0.05, 0) is 30.7 Å². The van der Waals surface area contributed by atoms with Gasteiger partial charge in [-0.1, -0.05) is 44.2 Å². The van der Waals surface area contributed by atoms with Gasteiger partial charge in [-0.25, -0.2) is 0 Å². The molecule has 1 aromatic carbocycles. The van der Waals surface area contributed by atoms with E-state index in [1.807, 2.05) is 25.1 Å². The Morgan fingerprint density at radius 1 is 1.24 bits per heavy atom. The van der Waals surface area contributed by atoms with Gasteiger partial charge in [0.05, 0.1) is 19.8 Å². The molecular weight excluding hydrogens is 318 g/mol. The minimum Gasteiger partial charge on any atom is -0.461 e. The van der Waals surface area contributed by atoms with Gasteiger partial charge in [0.2, 0.25) is 0 Å². The summed E-state index contributed by atoms with van der Waals surface area (Å²) in [5.41, 5.74) is 7.07. The number of cyclic esters (lactones) is 1. The third-order valence-corrected chi connectivity index (χ3v) is 4.54. The topological polar surface area (TPSA) is 70.8 Å². The van der Waals surface area contributed by atoms with Crippen molar-refractivity contribution >= 4 is 5.97 Å². The molecule has 0 spiro atoms. The Labute approximate surface area is 150 Å². The molecule has 1 aliphatic rings. The van der Waals surface area contributed by atoms with Crippen LogP contribution in [0.5, 0.6) is 0 Å². The van der Waals surface area contributed by atoms with Gasteiger partial charge >= 0.3 is 5.97 Å². The van der Waals surface area contributed by atoms with Crippen LogP contribution in [-0.2, 0) is 25.4 Å². The van der Waals surface area contributed by atoms with Crippen molar-refractivity contribution in [2.45, 2.75) is 39.3 Å². The average Bonchev–Trinajstić information content (AvgIpc) is 2.61. The van der Waals surface area contributed by atoms with Crippen molar-refractivity contribution in [3.05, 3.63) is 35.9 Å². The Hall–Kier alpha value is -1.43. The first-order valence-corrected chi connectivity index (χ1v) is 9.12. The molecule has 0 unspecified atom stereocenters. The highest BCUT2D eigenvalue weighted by Gasteiger charge is 2.33. The van der Waals surface area contributed by atoms with Crippen LogP contribution in [0.4, 0.5) is 0 Å². The molecule has 2 rings (SSSR count). The lowest BCUT2D eigenvalue weighted by Gasteiger charge is -2.31. The highest BCUT2D eigenvalue weighted by atomic mass is 16.6. The minimum absolute atomic E-state index is 0.0632. The van der Waals surface area contributed by atoms with Crippen LogP contribution in [0.1, 0.15) is 26.3 Å². The molecule has 5 heteroatoms. The molecule has 2 N–H and O–H groups in total. The SMILES string of the molecule is CC(C)COC[C@@H]1[C@@H](Cc2ccccc2)COC[C@H](N)C(=O)O[C@H]1C. The molecule has 0 radical (unpaired) electrons. The molecular formula is C20H31NO4. The van der Waals surface area contributed by atoms with Crippen molar-refractivity contribution in [3.63, 3.8) is 0 Å². The predicted molar refractivity (Wildman–Crippen MR) is 97.1 cm³/mol. The molecule has 0 aliphatic carbocycles. The maximum atomic E-state index is 12.1. The summed E-state index contributed by atoms with van der Waals surface area (Å²) >= 11 is 0. The third-order valence-electron chi connectivity index (χ3n) is 4.54. The van der Waals surface area contributed by atoms with Gasteiger partial charge in [0.15, 0.2) is 0 Å². The summed E-state index contributed by atoms with van der Waals surface area (Å²) < 4.78 is 17.2. The standard InChI is InChI=1S/C20H31NO4/c1-14(2)10-23-12-18-15(3)25-20(22)19(21)13-24-11-17(18)9-16-7-5-4-6-8-16/h4-8,14-15,17-19H,9-13,21H2,1-3H3/t15-,17-,18-,19-/m0/s1. The summed E-state index contributed by atoms with van der Waals surface area (Å²) in [4.78, 5) is 12.1. The second-order valence-corrected chi connectivity index (χ2v) is 7.33. The van der Waals surface area contributed by atoms with E-state index in [9.17, 15) is 4.79 Å². The zero-order valence-corrected chi connectivity index (χ0v) is 15.5. The predicted octanol–water partition coefficient (Wildman–Crippen LogP) is 2.42. The van der Waals surface area contributed by atoms with E-state index in [4.69, 9.17) is 19.9 Å². The van der Waals surface area contributed by atoms with Crippen LogP contribution in [-0.4, -0.2) is 44.5 Å². The number of carbonyl (C=O) groups is 1. The van der Waals surface area contributed by atoms with Gasteiger partial charge in [0.1, 0.15) is 12.1 Å². The van der Waals surface area contributed by atoms with E-state index in [-0.39, 0.29) is 24.5 Å². The molecule has 1 saturated heterocycles. The molecule has 1 aromatic rings. The quantitative estimate of drug-likeness (QED) is 0.799. The molecule has 140 valence electrons. The summed E-state index contributed by atoms with van der Waals surface area (Å²) in [6, 6.07) is 9.58. The average molecular weight is 349 g/mol. The van der Waals surface area contributed by atoms with E-state index in [1.165, 1.54) is 5.56 Å². The maximum Gasteiger partial charge on any atom is 0.325 e. The van der Waals surface area contributed by atoms with Crippen molar-refractivity contribution in [1.82, 2.24) is 0 Å². The van der Waals surface area contributed by atoms with Crippen LogP contribution in [0.15, 0.2) is 30.3 Å². The van der Waals surface area contributed by atoms with Crippen LogP contribution < -0.4 is 5.73 Å². The molecule has 1 aliphatic heterocycles. The van der Waals surface area contributed by atoms with E-state index in [1.54, 1.807) is 0 Å². The number of esters is 1. The number of hydrogen-bond donors (Lipinski definition) is 1. The van der Waals surface area contributed by atoms with Crippen molar-refractivity contribution in [1.29, 1.82) is 0 Å². The van der Waals surface area contributed by atoms with Gasteiger partial charge in [0, 0.05) is 12.5 Å². The molecule has 1 fully saturated rings. The van der Waals surface area contributed by atoms with Gasteiger partial charge in [-0.3, -0.25) is 4.79 Å². The first kappa shape index (κ1) is 19.9. The Bertz CT molecular complexity index is 520. The number of hydrogen-bond acceptors (Lipinski definition) is 5. The van der Waals surface area contributed by atoms with Crippen LogP contribution in [0.25, 0.3) is 0 Å². The highest BCUT2D eigenvalue weighted by molar-refractivity contribution is 5.75. The first-order valence-electron chi connectivity index (χ1n) is 9.12. The van der Waals surface area contributed by atoms with Crippen molar-refractivity contribution in [3.8, 4) is 0 Å². The van der Waals surface area contributed by atoms with Crippen molar-refractivity contribution in [2.75, 3.05) is 26.4 Å². The molecule has 5 nitrogen and oxygen atoms in total. The fourth-order valence-electron chi connectivity index (χ4n) is 3.12. The summed E-state index contributed by atoms with van der Waals surface area (Å²) in [7, 11) is 0. The molecule has 0 saturated carbocycles. The van der Waals surface area contributed by atoms with Crippen molar-refractivity contribution in [2.24, 2.45) is 23.5 Å². The summed E-state index contributed by atoms with van der Waals surface area (Å²) in [6.45, 7) is 8.14. The van der Waals surface area contributed by atoms with Gasteiger partial charge in [-0.2, -0.15) is 0 Å². The summed E-state index contributed by atoms with van der Waals surface area (Å²) in [6.07, 6.45) is 0.592. The minimum atomic E-state index is -0.727. The Morgan fingerprint density at radius 3 is 2.64 bits per heavy atom. The molecule has 0 amide bonds. The number of benzene rings is 1. The zero-order valence-electron chi connectivity index (χ0n) is 15.5. The van der Waals surface area contributed by atoms with E-state index in [0.717, 1.165) is 6.42 Å². The van der Waals surface area contributed by atoms with Crippen LogP contribution in [0, 0.1) is 17.8 Å². The fourth-order valence-corrected chi connectivity index (χ4v) is 3.12. The second-order valence-electron chi connectivity index (χ2n) is 7.33. The second kappa shape index (κ2) is 9.90. The van der Waals surface area contributed by atoms with E-state index < -0.39 is 12.0 Å². The summed E-state index contributed by atoms with van der Waals surface area (Å²) in [5, 5.41) is 0. The maximum absolute atomic E-state index is 12.1. The zero-order chi connectivity index (χ0) is 18.2. The van der Waals surface area contributed by atoms with Gasteiger partial charge in [-0.15, -0.1) is 0 Å². The van der Waals surface area contributed by atoms with Crippen LogP contribution >= 0.6 is 0 Å². The van der Waals surface area contributed by atoms with E-state index in [0.29, 0.717) is 25.7 Å². The highest BCUT2D eigenvalue weighted by Crippen LogP contribution is 2.26. The largest absolute Gasteiger partial charge is 0.461 e. The van der Waals surface area contributed by atoms with E-state index in [2.05, 4.69) is 26.0 Å². The Morgan fingerprint density at radius 2 is 1.96 bits per heavy atom. The van der Waals surface area contributed by atoms with Gasteiger partial charge < -0.3 is 19.9 Å². The number of rotatable bonds is 6.